The Balaban J connectivity index is 2.50. The largest absolute Gasteiger partial charge is 0.324 e. The lowest BCUT2D eigenvalue weighted by atomic mass is 10.0. The first kappa shape index (κ1) is 13.9. The number of sulfonamides is 1. The fourth-order valence-corrected chi connectivity index (χ4v) is 3.04. The van der Waals surface area contributed by atoms with Crippen LogP contribution in [0.1, 0.15) is 39.2 Å². The smallest absolute Gasteiger partial charge is 0.266 e. The number of benzene rings is 1. The highest BCUT2D eigenvalue weighted by Crippen LogP contribution is 2.28. The lowest BCUT2D eigenvalue weighted by molar-refractivity contribution is 0.591. The summed E-state index contributed by atoms with van der Waals surface area (Å²) in [4.78, 5) is 4.48. The van der Waals surface area contributed by atoms with Gasteiger partial charge < -0.3 is 5.32 Å². The zero-order chi connectivity index (χ0) is 14.2. The summed E-state index contributed by atoms with van der Waals surface area (Å²) < 4.78 is 26.9. The number of nitrogens with one attached hydrogen (secondary N) is 2. The van der Waals surface area contributed by atoms with Gasteiger partial charge in [0.1, 0.15) is 4.90 Å². The van der Waals surface area contributed by atoms with E-state index in [1.165, 1.54) is 0 Å². The van der Waals surface area contributed by atoms with Crippen LogP contribution in [0.4, 0.5) is 5.69 Å². The maximum Gasteiger partial charge on any atom is 0.266 e. The van der Waals surface area contributed by atoms with E-state index in [0.717, 1.165) is 5.56 Å². The van der Waals surface area contributed by atoms with Gasteiger partial charge >= 0.3 is 0 Å². The Morgan fingerprint density at radius 2 is 1.84 bits per heavy atom. The first-order chi connectivity index (χ1) is 8.79. The molecule has 1 aliphatic heterocycles. The topological polar surface area (TPSA) is 70.6 Å². The standard InChI is InChI=1S/C13H19N3O2S/c1-8(2)10-5-6-11-12(7-10)19(17,18)16-13(15-11)14-9(3)4/h5-9H,1-4H3,(H2,14,15,16). The fraction of sp³-hybridized carbons (Fsp3) is 0.462. The summed E-state index contributed by atoms with van der Waals surface area (Å²) in [5, 5.41) is 3.01. The van der Waals surface area contributed by atoms with Crippen LogP contribution in [0.5, 0.6) is 0 Å². The highest BCUT2D eigenvalue weighted by atomic mass is 32.2. The minimum absolute atomic E-state index is 0.0155. The maximum atomic E-state index is 12.2. The van der Waals surface area contributed by atoms with Gasteiger partial charge in [-0.25, -0.2) is 18.1 Å². The van der Waals surface area contributed by atoms with Crippen LogP contribution < -0.4 is 10.0 Å². The number of hydrogen-bond acceptors (Lipinski definition) is 3. The second-order valence-corrected chi connectivity index (χ2v) is 6.86. The second kappa shape index (κ2) is 4.85. The maximum absolute atomic E-state index is 12.2. The molecular formula is C13H19N3O2S. The van der Waals surface area contributed by atoms with E-state index >= 15 is 0 Å². The summed E-state index contributed by atoms with van der Waals surface area (Å²) in [6.45, 7) is 7.84. The van der Waals surface area contributed by atoms with Crippen molar-refractivity contribution in [3.63, 3.8) is 0 Å². The lowest BCUT2D eigenvalue weighted by Crippen LogP contribution is -2.41. The van der Waals surface area contributed by atoms with Crippen molar-refractivity contribution in [2.24, 2.45) is 4.99 Å². The molecule has 0 bridgehead atoms. The van der Waals surface area contributed by atoms with E-state index in [-0.39, 0.29) is 22.8 Å². The third-order valence-corrected chi connectivity index (χ3v) is 4.21. The van der Waals surface area contributed by atoms with Crippen LogP contribution in [0.2, 0.25) is 0 Å². The molecule has 0 saturated carbocycles. The van der Waals surface area contributed by atoms with Gasteiger partial charge in [0, 0.05) is 6.04 Å². The molecule has 1 aliphatic rings. The molecule has 0 amide bonds. The van der Waals surface area contributed by atoms with Gasteiger partial charge in [-0.1, -0.05) is 19.9 Å². The predicted octanol–water partition coefficient (Wildman–Crippen LogP) is 2.28. The number of nitrogens with zero attached hydrogens (tertiary/aromatic N) is 1. The van der Waals surface area contributed by atoms with Crippen LogP contribution in [0.25, 0.3) is 0 Å². The van der Waals surface area contributed by atoms with Crippen molar-refractivity contribution in [3.05, 3.63) is 23.8 Å². The van der Waals surface area contributed by atoms with Crippen LogP contribution in [0.15, 0.2) is 28.1 Å². The molecule has 19 heavy (non-hydrogen) atoms. The van der Waals surface area contributed by atoms with Gasteiger partial charge in [-0.05, 0) is 37.5 Å². The van der Waals surface area contributed by atoms with E-state index in [0.29, 0.717) is 5.69 Å². The Bertz CT molecular complexity index is 619. The minimum atomic E-state index is -3.54. The molecule has 2 rings (SSSR count). The molecule has 0 aliphatic carbocycles. The molecule has 0 atom stereocenters. The molecule has 104 valence electrons. The van der Waals surface area contributed by atoms with E-state index in [4.69, 9.17) is 0 Å². The second-order valence-electron chi connectivity index (χ2n) is 5.21. The molecule has 0 spiro atoms. The number of hydrogen-bond donors (Lipinski definition) is 2. The van der Waals surface area contributed by atoms with Gasteiger partial charge in [-0.15, -0.1) is 0 Å². The lowest BCUT2D eigenvalue weighted by Gasteiger charge is -2.23. The van der Waals surface area contributed by atoms with E-state index in [2.05, 4.69) is 15.0 Å². The van der Waals surface area contributed by atoms with Crippen LogP contribution in [-0.4, -0.2) is 20.4 Å². The predicted molar refractivity (Wildman–Crippen MR) is 77.0 cm³/mol. The summed E-state index contributed by atoms with van der Waals surface area (Å²) in [7, 11) is -3.54. The van der Waals surface area contributed by atoms with E-state index < -0.39 is 10.0 Å². The third-order valence-electron chi connectivity index (χ3n) is 2.83. The van der Waals surface area contributed by atoms with Gasteiger partial charge in [-0.2, -0.15) is 0 Å². The molecular weight excluding hydrogens is 262 g/mol. The Kier molecular flexibility index (Phi) is 3.54. The average molecular weight is 281 g/mol. The molecule has 6 heteroatoms. The van der Waals surface area contributed by atoms with Crippen molar-refractivity contribution in [2.75, 3.05) is 5.32 Å². The number of fused-ring (bicyclic) bond motifs is 1. The van der Waals surface area contributed by atoms with Crippen LogP contribution >= 0.6 is 0 Å². The molecule has 0 fully saturated rings. The van der Waals surface area contributed by atoms with Crippen molar-refractivity contribution >= 4 is 21.7 Å². The first-order valence-corrected chi connectivity index (χ1v) is 7.79. The van der Waals surface area contributed by atoms with E-state index in [1.54, 1.807) is 12.1 Å². The van der Waals surface area contributed by atoms with Gasteiger partial charge in [0.2, 0.25) is 5.96 Å². The Morgan fingerprint density at radius 1 is 1.16 bits per heavy atom. The highest BCUT2D eigenvalue weighted by molar-refractivity contribution is 7.90. The van der Waals surface area contributed by atoms with Gasteiger partial charge in [0.05, 0.1) is 5.69 Å². The van der Waals surface area contributed by atoms with Gasteiger partial charge in [-0.3, -0.25) is 0 Å². The SMILES string of the molecule is CC(C)N=C1Nc2ccc(C(C)C)cc2S(=O)(=O)N1. The molecule has 0 aromatic heterocycles. The van der Waals surface area contributed by atoms with Crippen LogP contribution in [0, 0.1) is 0 Å². The molecule has 1 heterocycles. The molecule has 0 unspecified atom stereocenters. The quantitative estimate of drug-likeness (QED) is 0.873. The minimum Gasteiger partial charge on any atom is -0.324 e. The highest BCUT2D eigenvalue weighted by Gasteiger charge is 2.27. The van der Waals surface area contributed by atoms with Crippen LogP contribution in [-0.2, 0) is 10.0 Å². The average Bonchev–Trinajstić information content (AvgIpc) is 2.26. The zero-order valence-corrected chi connectivity index (χ0v) is 12.4. The molecule has 1 aromatic rings. The Hall–Kier alpha value is -1.56. The summed E-state index contributed by atoms with van der Waals surface area (Å²) >= 11 is 0. The summed E-state index contributed by atoms with van der Waals surface area (Å²) in [6, 6.07) is 5.45. The zero-order valence-electron chi connectivity index (χ0n) is 11.6. The Morgan fingerprint density at radius 3 is 2.42 bits per heavy atom. The third kappa shape index (κ3) is 2.89. The van der Waals surface area contributed by atoms with Crippen molar-refractivity contribution in [1.29, 1.82) is 0 Å². The number of rotatable bonds is 2. The molecule has 1 aromatic carbocycles. The van der Waals surface area contributed by atoms with Gasteiger partial charge in [0.15, 0.2) is 0 Å². The number of guanidine groups is 1. The number of aliphatic imine (C=N–C) groups is 1. The molecule has 0 radical (unpaired) electrons. The summed E-state index contributed by atoms with van der Waals surface area (Å²) in [5.74, 6) is 0.561. The van der Waals surface area contributed by atoms with Crippen molar-refractivity contribution < 1.29 is 8.42 Å². The monoisotopic (exact) mass is 281 g/mol. The molecule has 2 N–H and O–H groups in total. The first-order valence-electron chi connectivity index (χ1n) is 6.31. The van der Waals surface area contributed by atoms with Crippen LogP contribution in [0.3, 0.4) is 0 Å². The van der Waals surface area contributed by atoms with Gasteiger partial charge in [0.25, 0.3) is 10.0 Å². The summed E-state index contributed by atoms with van der Waals surface area (Å²) in [6.07, 6.45) is 0. The fourth-order valence-electron chi connectivity index (χ4n) is 1.88. The molecule has 5 nitrogen and oxygen atoms in total. The van der Waals surface area contributed by atoms with E-state index in [9.17, 15) is 8.42 Å². The van der Waals surface area contributed by atoms with Crippen molar-refractivity contribution in [1.82, 2.24) is 4.72 Å². The number of anilines is 1. The van der Waals surface area contributed by atoms with E-state index in [1.807, 2.05) is 33.8 Å². The Labute approximate surface area is 114 Å². The van der Waals surface area contributed by atoms with Crippen molar-refractivity contribution in [3.8, 4) is 0 Å². The molecule has 0 saturated heterocycles. The summed E-state index contributed by atoms with van der Waals surface area (Å²) in [5.41, 5.74) is 1.57. The normalized spacial score (nSPS) is 19.2. The van der Waals surface area contributed by atoms with Crippen molar-refractivity contribution in [2.45, 2.75) is 44.6 Å².